The van der Waals surface area contributed by atoms with Gasteiger partial charge in [0.05, 0.1) is 0 Å². The van der Waals surface area contributed by atoms with Gasteiger partial charge in [-0.05, 0) is 0 Å². The van der Waals surface area contributed by atoms with Crippen LogP contribution in [0.5, 0.6) is 0 Å². The number of thiocarbonyl (C=S) groups is 1. The summed E-state index contributed by atoms with van der Waals surface area (Å²) in [4.78, 5) is 0. The second-order valence-electron chi connectivity index (χ2n) is 0.338. The maximum absolute atomic E-state index is 4.71. The summed E-state index contributed by atoms with van der Waals surface area (Å²) >= 11 is 7.65. The number of thiol groups is 1. The molecule has 0 saturated carbocycles. The molecule has 5 heavy (non-hydrogen) atoms. The van der Waals surface area contributed by atoms with E-state index in [4.69, 9.17) is 5.73 Å². The van der Waals surface area contributed by atoms with Crippen LogP contribution in [0.1, 0.15) is 0 Å². The standard InChI is InChI=1S/CH3NS2.Sb/c2-1(3)4;/h(H3,2,3,4);. The molecular formula is CH3NS2Sb. The summed E-state index contributed by atoms with van der Waals surface area (Å²) in [6.45, 7) is 0. The Balaban J connectivity index is 0. The largest absolute Gasteiger partial charge is 0.385 e. The van der Waals surface area contributed by atoms with Gasteiger partial charge >= 0.3 is 0 Å². The Labute approximate surface area is 59.2 Å². The van der Waals surface area contributed by atoms with Gasteiger partial charge in [0.2, 0.25) is 0 Å². The molecule has 0 unspecified atom stereocenters. The molecule has 0 aromatic heterocycles. The van der Waals surface area contributed by atoms with E-state index in [2.05, 4.69) is 24.8 Å². The van der Waals surface area contributed by atoms with Crippen molar-refractivity contribution in [2.75, 3.05) is 0 Å². The molecule has 0 spiro atoms. The Morgan fingerprint density at radius 1 is 1.80 bits per heavy atom. The summed E-state index contributed by atoms with van der Waals surface area (Å²) in [5, 5.41) is 0. The van der Waals surface area contributed by atoms with E-state index >= 15 is 0 Å². The third-order valence-corrected chi connectivity index (χ3v) is 0. The summed E-state index contributed by atoms with van der Waals surface area (Å²) in [6, 6.07) is 0. The van der Waals surface area contributed by atoms with Crippen molar-refractivity contribution < 1.29 is 0 Å². The summed E-state index contributed by atoms with van der Waals surface area (Å²) < 4.78 is 0.194. The van der Waals surface area contributed by atoms with E-state index in [9.17, 15) is 0 Å². The predicted molar refractivity (Wildman–Crippen MR) is 31.5 cm³/mol. The van der Waals surface area contributed by atoms with Crippen LogP contribution in [0.4, 0.5) is 0 Å². The molecule has 0 atom stereocenters. The summed E-state index contributed by atoms with van der Waals surface area (Å²) in [5.74, 6) is 0. The van der Waals surface area contributed by atoms with Gasteiger partial charge in [-0.2, -0.15) is 0 Å². The Hall–Kier alpha value is 1.06. The monoisotopic (exact) mass is 214 g/mol. The average molecular weight is 215 g/mol. The molecule has 0 fully saturated rings. The number of hydrogen-bond acceptors (Lipinski definition) is 1. The first-order valence-electron chi connectivity index (χ1n) is 0.716. The first-order chi connectivity index (χ1) is 1.73. The van der Waals surface area contributed by atoms with Crippen molar-refractivity contribution in [3.8, 4) is 0 Å². The van der Waals surface area contributed by atoms with Crippen molar-refractivity contribution in [2.24, 2.45) is 5.73 Å². The second kappa shape index (κ2) is 5.06. The van der Waals surface area contributed by atoms with Gasteiger partial charge in [0.1, 0.15) is 4.32 Å². The van der Waals surface area contributed by atoms with E-state index in [0.717, 1.165) is 0 Å². The summed E-state index contributed by atoms with van der Waals surface area (Å²) in [7, 11) is 0. The van der Waals surface area contributed by atoms with E-state index in [1.54, 1.807) is 0 Å². The first-order valence-corrected chi connectivity index (χ1v) is 1.57. The molecule has 0 aromatic carbocycles. The van der Waals surface area contributed by atoms with E-state index in [1.165, 1.54) is 0 Å². The second-order valence-corrected chi connectivity index (χ2v) is 1.56. The normalized spacial score (nSPS) is 5.00. The Morgan fingerprint density at radius 2 is 1.80 bits per heavy atom. The Morgan fingerprint density at radius 3 is 1.80 bits per heavy atom. The molecule has 4 heteroatoms. The maximum Gasteiger partial charge on any atom is 0.128 e. The molecule has 0 rings (SSSR count). The molecule has 0 aliphatic rings. The van der Waals surface area contributed by atoms with Gasteiger partial charge in [0.15, 0.2) is 0 Å². The van der Waals surface area contributed by atoms with Gasteiger partial charge in [0, 0.05) is 24.4 Å². The molecule has 0 saturated heterocycles. The first kappa shape index (κ1) is 9.41. The molecule has 3 radical (unpaired) electrons. The number of nitrogens with two attached hydrogens (primary N) is 1. The zero-order chi connectivity index (χ0) is 3.58. The average Bonchev–Trinajstić information content (AvgIpc) is 0.811. The molecule has 2 N–H and O–H groups in total. The molecule has 29 valence electrons. The minimum absolute atomic E-state index is 0. The van der Waals surface area contributed by atoms with E-state index in [0.29, 0.717) is 0 Å². The van der Waals surface area contributed by atoms with Gasteiger partial charge in [-0.15, -0.1) is 12.6 Å². The predicted octanol–water partition coefficient (Wildman–Crippen LogP) is -0.221. The van der Waals surface area contributed by atoms with Gasteiger partial charge in [-0.3, -0.25) is 0 Å². The zero-order valence-corrected chi connectivity index (χ0v) is 6.64. The molecule has 0 aliphatic carbocycles. The molecule has 0 aliphatic heterocycles. The minimum atomic E-state index is 0. The Kier molecular flexibility index (Phi) is 9.52. The number of hydrogen-bond donors (Lipinski definition) is 2. The SMILES string of the molecule is NC(=S)S.[Sb]. The number of rotatable bonds is 0. The van der Waals surface area contributed by atoms with Crippen molar-refractivity contribution >= 4 is 53.6 Å². The fourth-order valence-electron chi connectivity index (χ4n) is 0. The fraction of sp³-hybridized carbons (Fsp3) is 0. The topological polar surface area (TPSA) is 26.0 Å². The minimum Gasteiger partial charge on any atom is -0.385 e. The fourth-order valence-corrected chi connectivity index (χ4v) is 0. The van der Waals surface area contributed by atoms with Gasteiger partial charge in [0.25, 0.3) is 0 Å². The molecule has 0 bridgehead atoms. The van der Waals surface area contributed by atoms with E-state index in [-0.39, 0.29) is 28.7 Å². The third-order valence-electron chi connectivity index (χ3n) is 0. The van der Waals surface area contributed by atoms with Crippen LogP contribution in [0.2, 0.25) is 0 Å². The summed E-state index contributed by atoms with van der Waals surface area (Å²) in [5.41, 5.74) is 4.71. The zero-order valence-electron chi connectivity index (χ0n) is 2.38. The molecule has 0 heterocycles. The summed E-state index contributed by atoms with van der Waals surface area (Å²) in [6.07, 6.45) is 0. The van der Waals surface area contributed by atoms with E-state index < -0.39 is 0 Å². The van der Waals surface area contributed by atoms with Crippen molar-refractivity contribution in [1.82, 2.24) is 0 Å². The van der Waals surface area contributed by atoms with Crippen molar-refractivity contribution in [3.63, 3.8) is 0 Å². The van der Waals surface area contributed by atoms with Crippen LogP contribution in [0.3, 0.4) is 0 Å². The van der Waals surface area contributed by atoms with Crippen LogP contribution < -0.4 is 5.73 Å². The van der Waals surface area contributed by atoms with Crippen molar-refractivity contribution in [2.45, 2.75) is 0 Å². The van der Waals surface area contributed by atoms with Crippen molar-refractivity contribution in [3.05, 3.63) is 0 Å². The van der Waals surface area contributed by atoms with Crippen LogP contribution in [-0.4, -0.2) is 28.7 Å². The van der Waals surface area contributed by atoms with Gasteiger partial charge in [-0.1, -0.05) is 12.2 Å². The van der Waals surface area contributed by atoms with Gasteiger partial charge in [-0.25, -0.2) is 0 Å². The third kappa shape index (κ3) is 42.2. The van der Waals surface area contributed by atoms with Crippen molar-refractivity contribution in [1.29, 1.82) is 0 Å². The van der Waals surface area contributed by atoms with Crippen LogP contribution >= 0.6 is 24.8 Å². The van der Waals surface area contributed by atoms with Gasteiger partial charge < -0.3 is 5.73 Å². The smallest absolute Gasteiger partial charge is 0.128 e. The van der Waals surface area contributed by atoms with E-state index in [1.807, 2.05) is 0 Å². The molecule has 1 nitrogen and oxygen atoms in total. The quantitative estimate of drug-likeness (QED) is 0.332. The Bertz CT molecular complexity index is 32.6. The van der Waals surface area contributed by atoms with Crippen LogP contribution in [0.25, 0.3) is 0 Å². The maximum atomic E-state index is 4.71. The van der Waals surface area contributed by atoms with Crippen LogP contribution in [0.15, 0.2) is 0 Å². The van der Waals surface area contributed by atoms with Crippen LogP contribution in [0, 0.1) is 0 Å². The molecule has 0 aromatic rings. The molecular weight excluding hydrogens is 212 g/mol. The van der Waals surface area contributed by atoms with Crippen LogP contribution in [-0.2, 0) is 0 Å². The molecule has 0 amide bonds.